The van der Waals surface area contributed by atoms with E-state index in [-0.39, 0.29) is 12.5 Å². The molecule has 0 saturated heterocycles. The van der Waals surface area contributed by atoms with Crippen molar-refractivity contribution in [3.05, 3.63) is 29.8 Å². The number of ether oxygens (including phenoxy) is 1. The van der Waals surface area contributed by atoms with Crippen molar-refractivity contribution < 1.29 is 9.53 Å². The third kappa shape index (κ3) is 3.47. The number of carbonyl (C=O) groups excluding carboxylic acids is 1. The predicted octanol–water partition coefficient (Wildman–Crippen LogP) is 2.33. The van der Waals surface area contributed by atoms with Crippen LogP contribution in [0.3, 0.4) is 0 Å². The molecular formula is C15H18N2O2. The van der Waals surface area contributed by atoms with Crippen LogP contribution in [0.1, 0.15) is 31.2 Å². The zero-order valence-corrected chi connectivity index (χ0v) is 11.1. The second kappa shape index (κ2) is 5.75. The van der Waals surface area contributed by atoms with Crippen molar-refractivity contribution in [1.82, 2.24) is 5.32 Å². The fraction of sp³-hybridized carbons (Fsp3) is 0.467. The summed E-state index contributed by atoms with van der Waals surface area (Å²) in [5.41, 5.74) is 0.472. The third-order valence-corrected chi connectivity index (χ3v) is 3.44. The number of nitriles is 1. The number of nitrogens with one attached hydrogen (secondary N) is 1. The molecule has 0 atom stereocenters. The Balaban J connectivity index is 1.85. The molecule has 1 aromatic rings. The normalized spacial score (nSPS) is 16.6. The van der Waals surface area contributed by atoms with Gasteiger partial charge in [0.1, 0.15) is 11.3 Å². The summed E-state index contributed by atoms with van der Waals surface area (Å²) >= 11 is 0. The fourth-order valence-corrected chi connectivity index (χ4v) is 2.33. The first kappa shape index (κ1) is 13.4. The van der Waals surface area contributed by atoms with Gasteiger partial charge in [0.15, 0.2) is 6.61 Å². The molecule has 0 unspecified atom stereocenters. The van der Waals surface area contributed by atoms with Gasteiger partial charge in [0.25, 0.3) is 5.91 Å². The maximum absolute atomic E-state index is 11.8. The first-order valence-corrected chi connectivity index (χ1v) is 6.55. The van der Waals surface area contributed by atoms with Crippen LogP contribution in [0.4, 0.5) is 0 Å². The molecule has 4 nitrogen and oxygen atoms in total. The molecule has 1 aliphatic rings. The summed E-state index contributed by atoms with van der Waals surface area (Å²) in [6.07, 6.45) is 3.46. The number of nitrogens with zero attached hydrogens (tertiary/aromatic N) is 1. The van der Waals surface area contributed by atoms with Crippen molar-refractivity contribution in [2.45, 2.75) is 38.1 Å². The summed E-state index contributed by atoms with van der Waals surface area (Å²) in [6.45, 7) is 1.94. The van der Waals surface area contributed by atoms with Gasteiger partial charge in [0, 0.05) is 0 Å². The Kier molecular flexibility index (Phi) is 4.06. The van der Waals surface area contributed by atoms with Crippen LogP contribution in [0.5, 0.6) is 5.75 Å². The molecule has 0 aliphatic heterocycles. The summed E-state index contributed by atoms with van der Waals surface area (Å²) in [5.74, 6) is 0.433. The van der Waals surface area contributed by atoms with Gasteiger partial charge in [-0.15, -0.1) is 0 Å². The quantitative estimate of drug-likeness (QED) is 0.901. The minimum atomic E-state index is -0.673. The molecule has 1 N–H and O–H groups in total. The molecule has 2 rings (SSSR count). The average Bonchev–Trinajstić information content (AvgIpc) is 2.87. The Labute approximate surface area is 113 Å². The summed E-state index contributed by atoms with van der Waals surface area (Å²) in [6, 6.07) is 9.75. The molecule has 1 aliphatic carbocycles. The Bertz CT molecular complexity index is 482. The van der Waals surface area contributed by atoms with E-state index in [2.05, 4.69) is 11.4 Å². The van der Waals surface area contributed by atoms with Crippen LogP contribution in [0.25, 0.3) is 0 Å². The van der Waals surface area contributed by atoms with E-state index in [1.54, 1.807) is 0 Å². The summed E-state index contributed by atoms with van der Waals surface area (Å²) in [5, 5.41) is 12.0. The number of aryl methyl sites for hydroxylation is 1. The first-order chi connectivity index (χ1) is 9.13. The SMILES string of the molecule is Cc1ccc(OCC(=O)NC2(C#N)CCCC2)cc1. The van der Waals surface area contributed by atoms with Crippen LogP contribution < -0.4 is 10.1 Å². The molecule has 0 heterocycles. The number of rotatable bonds is 4. The van der Waals surface area contributed by atoms with Crippen molar-refractivity contribution in [2.24, 2.45) is 0 Å². The highest BCUT2D eigenvalue weighted by Gasteiger charge is 2.35. The largest absolute Gasteiger partial charge is 0.484 e. The highest BCUT2D eigenvalue weighted by molar-refractivity contribution is 5.78. The first-order valence-electron chi connectivity index (χ1n) is 6.55. The zero-order valence-electron chi connectivity index (χ0n) is 11.1. The van der Waals surface area contributed by atoms with Gasteiger partial charge in [-0.1, -0.05) is 17.7 Å². The molecule has 0 radical (unpaired) electrons. The molecule has 1 saturated carbocycles. The zero-order chi connectivity index (χ0) is 13.7. The van der Waals surface area contributed by atoms with Gasteiger partial charge in [0.2, 0.25) is 0 Å². The van der Waals surface area contributed by atoms with Crippen molar-refractivity contribution in [1.29, 1.82) is 5.26 Å². The van der Waals surface area contributed by atoms with E-state index in [0.717, 1.165) is 31.2 Å². The van der Waals surface area contributed by atoms with E-state index < -0.39 is 5.54 Å². The van der Waals surface area contributed by atoms with Gasteiger partial charge in [-0.25, -0.2) is 0 Å². The highest BCUT2D eigenvalue weighted by atomic mass is 16.5. The van der Waals surface area contributed by atoms with E-state index in [0.29, 0.717) is 5.75 Å². The maximum Gasteiger partial charge on any atom is 0.259 e. The third-order valence-electron chi connectivity index (χ3n) is 3.44. The number of benzene rings is 1. The summed E-state index contributed by atoms with van der Waals surface area (Å²) in [7, 11) is 0. The molecule has 0 bridgehead atoms. The smallest absolute Gasteiger partial charge is 0.259 e. The van der Waals surface area contributed by atoms with Gasteiger partial charge in [-0.05, 0) is 44.7 Å². The number of hydrogen-bond donors (Lipinski definition) is 1. The molecule has 1 aromatic carbocycles. The van der Waals surface area contributed by atoms with Crippen LogP contribution in [0, 0.1) is 18.3 Å². The summed E-state index contributed by atoms with van der Waals surface area (Å²) in [4.78, 5) is 11.8. The van der Waals surface area contributed by atoms with E-state index in [4.69, 9.17) is 4.74 Å². The van der Waals surface area contributed by atoms with Crippen LogP contribution in [0.2, 0.25) is 0 Å². The van der Waals surface area contributed by atoms with E-state index >= 15 is 0 Å². The van der Waals surface area contributed by atoms with Crippen LogP contribution in [-0.4, -0.2) is 18.1 Å². The molecule has 0 spiro atoms. The summed E-state index contributed by atoms with van der Waals surface area (Å²) < 4.78 is 5.40. The lowest BCUT2D eigenvalue weighted by molar-refractivity contribution is -0.124. The molecular weight excluding hydrogens is 240 g/mol. The van der Waals surface area contributed by atoms with Crippen LogP contribution >= 0.6 is 0 Å². The molecule has 4 heteroatoms. The molecule has 1 fully saturated rings. The Morgan fingerprint density at radius 3 is 2.58 bits per heavy atom. The maximum atomic E-state index is 11.8. The molecule has 1 amide bonds. The number of amides is 1. The van der Waals surface area contributed by atoms with Crippen LogP contribution in [0.15, 0.2) is 24.3 Å². The van der Waals surface area contributed by atoms with Crippen molar-refractivity contribution in [3.63, 3.8) is 0 Å². The van der Waals surface area contributed by atoms with E-state index in [9.17, 15) is 10.1 Å². The van der Waals surface area contributed by atoms with E-state index in [1.807, 2.05) is 31.2 Å². The fourth-order valence-electron chi connectivity index (χ4n) is 2.33. The van der Waals surface area contributed by atoms with Crippen molar-refractivity contribution >= 4 is 5.91 Å². The number of carbonyl (C=O) groups is 1. The predicted molar refractivity (Wildman–Crippen MR) is 71.6 cm³/mol. The van der Waals surface area contributed by atoms with Gasteiger partial charge in [0.05, 0.1) is 6.07 Å². The molecule has 0 aromatic heterocycles. The van der Waals surface area contributed by atoms with Gasteiger partial charge < -0.3 is 10.1 Å². The Morgan fingerprint density at radius 1 is 1.37 bits per heavy atom. The van der Waals surface area contributed by atoms with Gasteiger partial charge in [-0.2, -0.15) is 5.26 Å². The van der Waals surface area contributed by atoms with Gasteiger partial charge >= 0.3 is 0 Å². The second-order valence-corrected chi connectivity index (χ2v) is 5.05. The lowest BCUT2D eigenvalue weighted by atomic mass is 10.00. The van der Waals surface area contributed by atoms with Crippen molar-refractivity contribution in [2.75, 3.05) is 6.61 Å². The average molecular weight is 258 g/mol. The van der Waals surface area contributed by atoms with E-state index in [1.165, 1.54) is 0 Å². The highest BCUT2D eigenvalue weighted by Crippen LogP contribution is 2.28. The Hall–Kier alpha value is -2.02. The molecule has 19 heavy (non-hydrogen) atoms. The monoisotopic (exact) mass is 258 g/mol. The number of hydrogen-bond acceptors (Lipinski definition) is 3. The van der Waals surface area contributed by atoms with Gasteiger partial charge in [-0.3, -0.25) is 4.79 Å². The minimum Gasteiger partial charge on any atom is -0.484 e. The Morgan fingerprint density at radius 2 is 2.00 bits per heavy atom. The topological polar surface area (TPSA) is 62.1 Å². The lowest BCUT2D eigenvalue weighted by Crippen LogP contribution is -2.47. The molecule has 100 valence electrons. The lowest BCUT2D eigenvalue weighted by Gasteiger charge is -2.21. The standard InChI is InChI=1S/C15H18N2O2/c1-12-4-6-13(7-5-12)19-10-14(18)17-15(11-16)8-2-3-9-15/h4-7H,2-3,8-10H2,1H3,(H,17,18). The van der Waals surface area contributed by atoms with Crippen molar-refractivity contribution in [3.8, 4) is 11.8 Å². The second-order valence-electron chi connectivity index (χ2n) is 5.05. The minimum absolute atomic E-state index is 0.0491. The van der Waals surface area contributed by atoms with Crippen LogP contribution in [-0.2, 0) is 4.79 Å².